The maximum atomic E-state index is 13.9. The van der Waals surface area contributed by atoms with Crippen LogP contribution in [0.3, 0.4) is 0 Å². The summed E-state index contributed by atoms with van der Waals surface area (Å²) in [5.74, 6) is -10.2. The van der Waals surface area contributed by atoms with Crippen molar-refractivity contribution in [3.05, 3.63) is 108 Å². The van der Waals surface area contributed by atoms with Gasteiger partial charge in [-0.3, -0.25) is 101 Å². The van der Waals surface area contributed by atoms with Crippen molar-refractivity contribution in [2.75, 3.05) is 110 Å². The largest absolute Gasteiger partial charge is 0.508 e. The van der Waals surface area contributed by atoms with Crippen molar-refractivity contribution in [2.45, 2.75) is 252 Å². The first-order chi connectivity index (χ1) is 68.9. The van der Waals surface area contributed by atoms with E-state index >= 15 is 0 Å². The molecule has 2 bridgehead atoms. The van der Waals surface area contributed by atoms with Crippen LogP contribution in [0.25, 0.3) is 0 Å². The number of nitrogens with zero attached hydrogens (tertiary/aromatic N) is 2. The number of fused-ring (bicyclic) bond motifs is 15. The number of ketones is 4. The average Bonchev–Trinajstić information content (AvgIpc) is 1.55. The summed E-state index contributed by atoms with van der Waals surface area (Å²) in [5, 5.41) is 78.0. The lowest BCUT2D eigenvalue weighted by molar-refractivity contribution is -0.141. The molecule has 3 aromatic rings. The summed E-state index contributed by atoms with van der Waals surface area (Å²) < 4.78 is 0. The standard InChI is InChI=1S/C62H100N14O12S2.C36H48N8O10.H2O/c63-59(87)49(35-89)73-53(81)13-7-3-1-5-11-51(79)47(33-43-19-23-45(77)24-20-43)71-55(83)15-9-17-57(85)75-61-37-65-27-30-68-40-62(41-69-31-28-66-38-61,42-70-32-29-67-39-61)76-58(86)18-10-16-56(84)72-48(34-44-21-25-46(78)26-22-44)52(80)12-6-2-4-8-14-54(82)74-50(36-90)60(64)88;37-36(38)40-17-6-9-23-20-28(46)24(10-4-5-16-39-29(47)15-18-44-31(49)13-14-32(44)50)42-34(53)25(19-22-7-2-1-3-8-22)43-35(54)26(21-33(51)52)41-30(48)12-11-27(23)45;/h19-26,47-50,65-70,77-78,89-90H,1-18,27-42H2,(H2,63,87)(H2,64,88)(H,71,83)(H,72,84)(H,73,81)(H,74,82)(H,75,85)(H,76,86);1-3,7-8,13-14,23-26H,4-6,9-12,15-21H2,(H,39,47)(H,41,48)(H,42,53)(H,43,54)(H,51,52)(H4,37,38,40);1H2/t47-,48-,49-,50-,61?,62?;23-,24?,25?,26-;/m01./s1. The number of carboxylic acid groups (broad SMARTS) is 1. The second-order valence-electron chi connectivity index (χ2n) is 36.6. The molecule has 8 atom stereocenters. The number of aliphatic carboxylic acids is 1. The van der Waals surface area contributed by atoms with Crippen LogP contribution >= 0.6 is 25.3 Å². The Hall–Kier alpha value is -12.4. The van der Waals surface area contributed by atoms with Crippen molar-refractivity contribution in [1.29, 1.82) is 0 Å². The van der Waals surface area contributed by atoms with Crippen molar-refractivity contribution in [3.63, 3.8) is 0 Å². The molecule has 5 aliphatic heterocycles. The molecule has 2 unspecified atom stereocenters. The smallest absolute Gasteiger partial charge is 0.305 e. The molecule has 0 aliphatic carbocycles. The van der Waals surface area contributed by atoms with E-state index in [2.05, 4.69) is 115 Å². The molecule has 145 heavy (non-hydrogen) atoms. The fourth-order valence-corrected chi connectivity index (χ4v) is 17.1. The number of carboxylic acids is 1. The maximum absolute atomic E-state index is 13.9. The Morgan fingerprint density at radius 2 is 0.834 bits per heavy atom. The topological polar surface area (TPSA) is 729 Å². The summed E-state index contributed by atoms with van der Waals surface area (Å²) in [6.45, 7) is 5.98. The molecule has 45 nitrogen and oxygen atoms in total. The lowest BCUT2D eigenvalue weighted by Gasteiger charge is -2.39. The number of phenols is 2. The van der Waals surface area contributed by atoms with Gasteiger partial charge in [0.15, 0.2) is 23.3 Å². The van der Waals surface area contributed by atoms with E-state index in [-0.39, 0.29) is 223 Å². The van der Waals surface area contributed by atoms with Crippen LogP contribution in [0.4, 0.5) is 0 Å². The van der Waals surface area contributed by atoms with E-state index < -0.39 is 131 Å². The second-order valence-corrected chi connectivity index (χ2v) is 37.4. The molecule has 29 N–H and O–H groups in total. The fourth-order valence-electron chi connectivity index (χ4n) is 16.6. The monoisotopic (exact) mass is 2070 g/mol. The van der Waals surface area contributed by atoms with Crippen LogP contribution in [0.5, 0.6) is 11.5 Å². The first-order valence-corrected chi connectivity index (χ1v) is 50.7. The minimum Gasteiger partial charge on any atom is -0.508 e. The lowest BCUT2D eigenvalue weighted by Crippen LogP contribution is -2.68. The zero-order valence-electron chi connectivity index (χ0n) is 82.4. The molecule has 4 saturated heterocycles. The zero-order valence-corrected chi connectivity index (χ0v) is 84.2. The van der Waals surface area contributed by atoms with Gasteiger partial charge in [0, 0.05) is 211 Å². The number of rotatable bonds is 54. The molecule has 14 amide bonds. The Labute approximate surface area is 855 Å². The summed E-state index contributed by atoms with van der Waals surface area (Å²) in [5.41, 5.74) is 22.0. The highest BCUT2D eigenvalue weighted by atomic mass is 32.1. The number of aliphatic imine (C=N–C) groups is 1. The van der Waals surface area contributed by atoms with Crippen LogP contribution in [-0.2, 0) is 110 Å². The number of nitrogens with two attached hydrogens (primary N) is 4. The van der Waals surface area contributed by atoms with Gasteiger partial charge in [-0.15, -0.1) is 0 Å². The predicted octanol–water partition coefficient (Wildman–Crippen LogP) is -2.99. The highest BCUT2D eigenvalue weighted by Crippen LogP contribution is 2.23. The zero-order chi connectivity index (χ0) is 105. The Balaban J connectivity index is 0.000000573. The molecule has 4 fully saturated rings. The molecular weight excluding hydrogens is 1920 g/mol. The molecular formula is C98H150N22O23S2. The van der Waals surface area contributed by atoms with Gasteiger partial charge in [-0.2, -0.15) is 25.3 Å². The summed E-state index contributed by atoms with van der Waals surface area (Å²) in [6, 6.07) is 14.2. The highest BCUT2D eigenvalue weighted by molar-refractivity contribution is 7.80. The van der Waals surface area contributed by atoms with Gasteiger partial charge < -0.3 is 129 Å². The Bertz CT molecular complexity index is 4550. The number of amides is 14. The lowest BCUT2D eigenvalue weighted by atomic mass is 9.87. The first kappa shape index (κ1) is 123. The number of imide groups is 1. The summed E-state index contributed by atoms with van der Waals surface area (Å²) in [7, 11) is 0. The number of hydrogen-bond donors (Lipinski definition) is 25. The molecule has 0 aromatic heterocycles. The number of phenolic OH excluding ortho intramolecular Hbond substituents is 2. The van der Waals surface area contributed by atoms with E-state index in [9.17, 15) is 106 Å². The number of unbranched alkanes of at least 4 members (excludes halogenated alkanes) is 7. The normalized spacial score (nSPS) is 19.7. The number of carbonyl (C=O) groups is 19. The number of thiol groups is 2. The van der Waals surface area contributed by atoms with Gasteiger partial charge in [0.1, 0.15) is 41.4 Å². The van der Waals surface area contributed by atoms with Crippen LogP contribution in [0.2, 0.25) is 0 Å². The van der Waals surface area contributed by atoms with Crippen molar-refractivity contribution < 1.29 is 112 Å². The SMILES string of the molecule is NC(=O)[C@H](CS)NC(=O)CCCCCCC(=O)[C@H](Cc1ccc(O)cc1)NC(=O)CCCC(=O)NC12CNCCNCC(NC(=O)CCCC(=O)N[C@@H](Cc3ccc(O)cc3)C(=O)CCCCCCC(=O)N[C@@H](CS)C(N)=O)(CNCCNC1)CNCCNC2.NC(N)=NCCC[C@@H]1CC(=O)C(CCCCNC(=O)CCN2C(=O)C=CC2=O)NC(=O)C(Cc2ccccc2)NC(=O)[C@@H](CC(=O)O)NC(=O)CCC1=O.O. The Kier molecular flexibility index (Phi) is 57.8. The quantitative estimate of drug-likeness (QED) is 0.00881. The number of Topliss-reactive ketones (excluding diaryl/α,β-unsaturated/α-hetero) is 4. The molecule has 47 heteroatoms. The second kappa shape index (κ2) is 68.1. The Morgan fingerprint density at radius 3 is 1.26 bits per heavy atom. The number of nitrogens with one attached hydrogen (secondary N) is 16. The number of aromatic hydroxyl groups is 2. The first-order valence-electron chi connectivity index (χ1n) is 49.5. The molecule has 5 aliphatic rings. The molecule has 0 radical (unpaired) electrons. The van der Waals surface area contributed by atoms with Gasteiger partial charge in [-0.05, 0) is 124 Å². The molecule has 0 spiro atoms. The van der Waals surface area contributed by atoms with E-state index in [4.69, 9.17) is 22.9 Å². The number of hydrogen-bond acceptors (Lipinski definition) is 30. The van der Waals surface area contributed by atoms with Crippen LogP contribution < -0.4 is 108 Å². The third-order valence-corrected chi connectivity index (χ3v) is 25.3. The molecule has 802 valence electrons. The van der Waals surface area contributed by atoms with E-state index in [0.29, 0.717) is 155 Å². The van der Waals surface area contributed by atoms with Gasteiger partial charge in [0.2, 0.25) is 70.9 Å². The van der Waals surface area contributed by atoms with Gasteiger partial charge in [0.05, 0.1) is 35.6 Å². The number of carbonyl (C=O) groups excluding carboxylic acids is 18. The summed E-state index contributed by atoms with van der Waals surface area (Å²) >= 11 is 8.09. The maximum Gasteiger partial charge on any atom is 0.305 e. The minimum absolute atomic E-state index is 0. The van der Waals surface area contributed by atoms with E-state index in [1.807, 2.05) is 0 Å². The fraction of sp³-hybridized carbons (Fsp3) is 0.592. The number of guanidine groups is 1. The molecule has 5 heterocycles. The van der Waals surface area contributed by atoms with E-state index in [1.165, 1.54) is 24.3 Å². The van der Waals surface area contributed by atoms with E-state index in [1.54, 1.807) is 54.6 Å². The van der Waals surface area contributed by atoms with Crippen LogP contribution in [-0.4, -0.2) is 307 Å². The number of benzene rings is 3. The molecule has 3 aromatic carbocycles. The summed E-state index contributed by atoms with van der Waals surface area (Å²) in [6.07, 6.45) is 8.46. The van der Waals surface area contributed by atoms with Crippen molar-refractivity contribution >= 4 is 143 Å². The Morgan fingerprint density at radius 1 is 0.428 bits per heavy atom. The molecule has 0 saturated carbocycles. The van der Waals surface area contributed by atoms with Gasteiger partial charge in [-0.25, -0.2) is 0 Å². The third-order valence-electron chi connectivity index (χ3n) is 24.6. The summed E-state index contributed by atoms with van der Waals surface area (Å²) in [4.78, 5) is 249. The van der Waals surface area contributed by atoms with Crippen LogP contribution in [0.1, 0.15) is 196 Å². The van der Waals surface area contributed by atoms with Gasteiger partial charge >= 0.3 is 5.97 Å². The van der Waals surface area contributed by atoms with Crippen molar-refractivity contribution in [1.82, 2.24) is 90.0 Å². The van der Waals surface area contributed by atoms with E-state index in [0.717, 1.165) is 28.2 Å². The van der Waals surface area contributed by atoms with Crippen LogP contribution in [0.15, 0.2) is 96.0 Å². The number of primary amides is 2. The molecule has 8 rings (SSSR count). The minimum atomic E-state index is -1.56. The van der Waals surface area contributed by atoms with Gasteiger partial charge in [-0.1, -0.05) is 80.3 Å². The van der Waals surface area contributed by atoms with Crippen LogP contribution in [0, 0.1) is 5.92 Å². The predicted molar refractivity (Wildman–Crippen MR) is 546 cm³/mol. The highest BCUT2D eigenvalue weighted by Gasteiger charge is 2.38. The van der Waals surface area contributed by atoms with Crippen molar-refractivity contribution in [2.24, 2.45) is 33.8 Å². The van der Waals surface area contributed by atoms with Crippen molar-refractivity contribution in [3.8, 4) is 11.5 Å². The van der Waals surface area contributed by atoms with Gasteiger partial charge in [0.25, 0.3) is 11.8 Å². The average molecular weight is 2070 g/mol. The third kappa shape index (κ3) is 49.9.